The van der Waals surface area contributed by atoms with Crippen molar-refractivity contribution in [2.24, 2.45) is 5.41 Å². The van der Waals surface area contributed by atoms with Crippen molar-refractivity contribution in [2.75, 3.05) is 6.54 Å². The van der Waals surface area contributed by atoms with Crippen molar-refractivity contribution in [3.8, 4) is 6.07 Å². The maximum atomic E-state index is 12.3. The molecule has 1 aliphatic rings. The van der Waals surface area contributed by atoms with Gasteiger partial charge in [0.2, 0.25) is 5.91 Å². The Kier molecular flexibility index (Phi) is 5.69. The van der Waals surface area contributed by atoms with Crippen LogP contribution in [0.5, 0.6) is 0 Å². The number of benzene rings is 1. The Bertz CT molecular complexity index is 572. The molecule has 1 atom stereocenters. The SMILES string of the molecule is N#CC1(C(=O)NCC(O)c2cc(Cl)cc(Cl)c2)CCCCC1. The lowest BCUT2D eigenvalue weighted by Crippen LogP contribution is -2.42. The first kappa shape index (κ1) is 17.1. The molecule has 1 aromatic rings. The molecule has 0 radical (unpaired) electrons. The zero-order valence-corrected chi connectivity index (χ0v) is 13.6. The summed E-state index contributed by atoms with van der Waals surface area (Å²) in [5, 5.41) is 23.1. The molecule has 0 saturated heterocycles. The number of nitriles is 1. The maximum Gasteiger partial charge on any atom is 0.240 e. The number of nitrogens with one attached hydrogen (secondary N) is 1. The molecule has 6 heteroatoms. The van der Waals surface area contributed by atoms with E-state index in [1.165, 1.54) is 0 Å². The van der Waals surface area contributed by atoms with Crippen LogP contribution < -0.4 is 5.32 Å². The molecule has 0 spiro atoms. The van der Waals surface area contributed by atoms with Crippen molar-refractivity contribution < 1.29 is 9.90 Å². The van der Waals surface area contributed by atoms with Crippen LogP contribution in [-0.4, -0.2) is 17.6 Å². The van der Waals surface area contributed by atoms with Gasteiger partial charge in [0, 0.05) is 16.6 Å². The minimum absolute atomic E-state index is 0.0267. The highest BCUT2D eigenvalue weighted by atomic mass is 35.5. The van der Waals surface area contributed by atoms with Crippen molar-refractivity contribution in [1.29, 1.82) is 5.26 Å². The summed E-state index contributed by atoms with van der Waals surface area (Å²) in [6.45, 7) is 0.0267. The first-order valence-electron chi connectivity index (χ1n) is 7.30. The molecule has 1 amide bonds. The number of hydrogen-bond acceptors (Lipinski definition) is 3. The van der Waals surface area contributed by atoms with E-state index in [2.05, 4.69) is 11.4 Å². The number of carbonyl (C=O) groups excluding carboxylic acids is 1. The average Bonchev–Trinajstić information content (AvgIpc) is 2.51. The van der Waals surface area contributed by atoms with Crippen LogP contribution in [0.2, 0.25) is 10.0 Å². The standard InChI is InChI=1S/C16H18Cl2N2O2/c17-12-6-11(7-13(18)8-12)14(21)9-20-15(22)16(10-19)4-2-1-3-5-16/h6-8,14,21H,1-5,9H2,(H,20,22). The number of rotatable bonds is 4. The van der Waals surface area contributed by atoms with Gasteiger partial charge in [-0.3, -0.25) is 4.79 Å². The van der Waals surface area contributed by atoms with Gasteiger partial charge < -0.3 is 10.4 Å². The number of aliphatic hydroxyl groups excluding tert-OH is 1. The second kappa shape index (κ2) is 7.32. The molecule has 2 rings (SSSR count). The number of hydrogen-bond donors (Lipinski definition) is 2. The third kappa shape index (κ3) is 3.92. The normalized spacial score (nSPS) is 18.3. The summed E-state index contributed by atoms with van der Waals surface area (Å²) in [5.41, 5.74) is -0.420. The van der Waals surface area contributed by atoms with Crippen LogP contribution in [0.4, 0.5) is 0 Å². The maximum absolute atomic E-state index is 12.3. The minimum Gasteiger partial charge on any atom is -0.387 e. The van der Waals surface area contributed by atoms with Crippen LogP contribution in [0.3, 0.4) is 0 Å². The van der Waals surface area contributed by atoms with E-state index in [9.17, 15) is 15.2 Å². The molecule has 22 heavy (non-hydrogen) atoms. The largest absolute Gasteiger partial charge is 0.387 e. The Morgan fingerprint density at radius 3 is 2.41 bits per heavy atom. The van der Waals surface area contributed by atoms with Crippen LogP contribution in [0.25, 0.3) is 0 Å². The van der Waals surface area contributed by atoms with E-state index in [1.54, 1.807) is 18.2 Å². The summed E-state index contributed by atoms with van der Waals surface area (Å²) < 4.78 is 0. The Labute approximate surface area is 140 Å². The highest BCUT2D eigenvalue weighted by molar-refractivity contribution is 6.34. The smallest absolute Gasteiger partial charge is 0.240 e. The zero-order valence-electron chi connectivity index (χ0n) is 12.1. The lowest BCUT2D eigenvalue weighted by Gasteiger charge is -2.29. The quantitative estimate of drug-likeness (QED) is 0.879. The highest BCUT2D eigenvalue weighted by Gasteiger charge is 2.39. The second-order valence-corrected chi connectivity index (χ2v) is 6.56. The first-order valence-corrected chi connectivity index (χ1v) is 8.06. The molecule has 2 N–H and O–H groups in total. The zero-order chi connectivity index (χ0) is 16.2. The van der Waals surface area contributed by atoms with E-state index in [4.69, 9.17) is 23.2 Å². The van der Waals surface area contributed by atoms with Crippen molar-refractivity contribution in [1.82, 2.24) is 5.32 Å². The Balaban J connectivity index is 1.99. The summed E-state index contributed by atoms with van der Waals surface area (Å²) in [4.78, 5) is 12.3. The molecule has 118 valence electrons. The van der Waals surface area contributed by atoms with Gasteiger partial charge in [0.05, 0.1) is 12.2 Å². The van der Waals surface area contributed by atoms with E-state index in [1.807, 2.05) is 0 Å². The van der Waals surface area contributed by atoms with Crippen LogP contribution in [0, 0.1) is 16.7 Å². The minimum atomic E-state index is -0.954. The Hall–Kier alpha value is -1.28. The molecule has 1 aliphatic carbocycles. The molecule has 1 aromatic carbocycles. The number of aliphatic hydroxyl groups is 1. The number of halogens is 2. The van der Waals surface area contributed by atoms with Gasteiger partial charge in [0.15, 0.2) is 0 Å². The molecule has 4 nitrogen and oxygen atoms in total. The Morgan fingerprint density at radius 2 is 1.86 bits per heavy atom. The van der Waals surface area contributed by atoms with E-state index < -0.39 is 11.5 Å². The van der Waals surface area contributed by atoms with Gasteiger partial charge in [-0.15, -0.1) is 0 Å². The van der Waals surface area contributed by atoms with Crippen LogP contribution in [0.1, 0.15) is 43.8 Å². The average molecular weight is 341 g/mol. The molecule has 1 fully saturated rings. The Morgan fingerprint density at radius 1 is 1.27 bits per heavy atom. The molecule has 1 saturated carbocycles. The summed E-state index contributed by atoms with van der Waals surface area (Å²) in [5.74, 6) is -0.304. The first-order chi connectivity index (χ1) is 10.5. The van der Waals surface area contributed by atoms with E-state index in [-0.39, 0.29) is 12.5 Å². The van der Waals surface area contributed by atoms with Crippen molar-refractivity contribution in [3.05, 3.63) is 33.8 Å². The molecule has 0 bridgehead atoms. The predicted molar refractivity (Wildman–Crippen MR) is 85.6 cm³/mol. The number of nitrogens with zero attached hydrogens (tertiary/aromatic N) is 1. The van der Waals surface area contributed by atoms with Crippen molar-refractivity contribution in [2.45, 2.75) is 38.2 Å². The number of amides is 1. The highest BCUT2D eigenvalue weighted by Crippen LogP contribution is 2.36. The van der Waals surface area contributed by atoms with Gasteiger partial charge in [0.1, 0.15) is 5.41 Å². The third-order valence-corrected chi connectivity index (χ3v) is 4.52. The lowest BCUT2D eigenvalue weighted by molar-refractivity contribution is -0.130. The molecular formula is C16H18Cl2N2O2. The topological polar surface area (TPSA) is 73.1 Å². The molecule has 0 aliphatic heterocycles. The van der Waals surface area contributed by atoms with Crippen molar-refractivity contribution in [3.63, 3.8) is 0 Å². The summed E-state index contributed by atoms with van der Waals surface area (Å²) in [6, 6.07) is 6.94. The van der Waals surface area contributed by atoms with E-state index in [0.29, 0.717) is 28.5 Å². The fourth-order valence-corrected chi connectivity index (χ4v) is 3.33. The van der Waals surface area contributed by atoms with E-state index in [0.717, 1.165) is 19.3 Å². The molecular weight excluding hydrogens is 323 g/mol. The summed E-state index contributed by atoms with van der Waals surface area (Å²) in [6.07, 6.45) is 3.06. The van der Waals surface area contributed by atoms with Crippen LogP contribution in [0.15, 0.2) is 18.2 Å². The molecule has 0 heterocycles. The van der Waals surface area contributed by atoms with Gasteiger partial charge in [-0.2, -0.15) is 5.26 Å². The van der Waals surface area contributed by atoms with Gasteiger partial charge in [-0.1, -0.05) is 42.5 Å². The monoisotopic (exact) mass is 340 g/mol. The summed E-state index contributed by atoms with van der Waals surface area (Å²) >= 11 is 11.8. The van der Waals surface area contributed by atoms with Gasteiger partial charge in [0.25, 0.3) is 0 Å². The molecule has 0 aromatic heterocycles. The lowest BCUT2D eigenvalue weighted by atomic mass is 9.74. The van der Waals surface area contributed by atoms with E-state index >= 15 is 0 Å². The third-order valence-electron chi connectivity index (χ3n) is 4.08. The fourth-order valence-electron chi connectivity index (χ4n) is 2.79. The van der Waals surface area contributed by atoms with Gasteiger partial charge in [-0.05, 0) is 36.6 Å². The predicted octanol–water partition coefficient (Wildman–Crippen LogP) is 3.62. The number of carbonyl (C=O) groups is 1. The van der Waals surface area contributed by atoms with Crippen LogP contribution >= 0.6 is 23.2 Å². The fraction of sp³-hybridized carbons (Fsp3) is 0.500. The molecule has 1 unspecified atom stereocenters. The van der Waals surface area contributed by atoms with Crippen molar-refractivity contribution >= 4 is 29.1 Å². The van der Waals surface area contributed by atoms with Gasteiger partial charge in [-0.25, -0.2) is 0 Å². The van der Waals surface area contributed by atoms with Gasteiger partial charge >= 0.3 is 0 Å². The van der Waals surface area contributed by atoms with Crippen LogP contribution in [-0.2, 0) is 4.79 Å². The second-order valence-electron chi connectivity index (χ2n) is 5.68. The summed E-state index contributed by atoms with van der Waals surface area (Å²) in [7, 11) is 0.